The molecule has 5 fully saturated rings. The van der Waals surface area contributed by atoms with Crippen LogP contribution in [0.5, 0.6) is 0 Å². The van der Waals surface area contributed by atoms with Gasteiger partial charge >= 0.3 is 33.3 Å². The molecular formula is C64H107B3BrCuIN4O17. The summed E-state index contributed by atoms with van der Waals surface area (Å²) in [5, 5.41) is 21.8. The number of nitrogen functional groups attached to an aromatic ring is 1. The smallest absolute Gasteiger partial charge is 0.481 e. The number of likely N-dealkylation sites (tertiary alicyclic amines) is 2. The second-order valence-corrected chi connectivity index (χ2v) is 29.6. The molecule has 5 aliphatic rings. The molecule has 6 heterocycles. The van der Waals surface area contributed by atoms with E-state index in [1.165, 1.54) is 11.6 Å². The first-order chi connectivity index (χ1) is 40.7. The third-order valence-corrected chi connectivity index (χ3v) is 17.7. The maximum Gasteiger partial charge on any atom is 0.494 e. The van der Waals surface area contributed by atoms with Gasteiger partial charge in [0.25, 0.3) is 11.9 Å². The van der Waals surface area contributed by atoms with Crippen LogP contribution in [0.4, 0.5) is 15.3 Å². The molecule has 21 nitrogen and oxygen atoms in total. The van der Waals surface area contributed by atoms with Crippen LogP contribution in [0.3, 0.4) is 0 Å². The minimum absolute atomic E-state index is 0. The van der Waals surface area contributed by atoms with E-state index < -0.39 is 37.2 Å². The Labute approximate surface area is 576 Å². The number of carbonyl (C=O) groups excluding carboxylic acids is 2. The zero-order chi connectivity index (χ0) is 68.6. The van der Waals surface area contributed by atoms with Gasteiger partial charge in [0.2, 0.25) is 5.56 Å². The molecule has 0 aliphatic carbocycles. The number of aromatic nitrogens is 1. The van der Waals surface area contributed by atoms with Gasteiger partial charge in [-0.2, -0.15) is 0 Å². The van der Waals surface area contributed by atoms with Crippen molar-refractivity contribution in [1.82, 2.24) is 14.8 Å². The molecule has 1 aromatic heterocycles. The quantitative estimate of drug-likeness (QED) is 0.103. The molecule has 5 saturated heterocycles. The third kappa shape index (κ3) is 26.4. The fourth-order valence-corrected chi connectivity index (χ4v) is 10.4. The van der Waals surface area contributed by atoms with Gasteiger partial charge in [0, 0.05) is 66.8 Å². The number of carboxylic acids is 2. The number of nitrogens with zero attached hydrogens (tertiary/aromatic N) is 2. The number of carbonyl (C=O) groups is 4. The maximum absolute atomic E-state index is 13.0. The molecule has 8 rings (SSSR count). The molecule has 0 spiro atoms. The van der Waals surface area contributed by atoms with Crippen LogP contribution in [0, 0.1) is 3.57 Å². The summed E-state index contributed by atoms with van der Waals surface area (Å²) in [6.07, 6.45) is 9.38. The summed E-state index contributed by atoms with van der Waals surface area (Å²) in [7, 11) is -0.325. The van der Waals surface area contributed by atoms with Gasteiger partial charge in [0.15, 0.2) is 0 Å². The molecule has 3 aromatic rings. The van der Waals surface area contributed by atoms with Crippen LogP contribution >= 0.6 is 38.5 Å². The average molecular weight is 1510 g/mol. The number of H-pyrrole nitrogens is 1. The minimum atomic E-state index is -0.833. The molecule has 27 heteroatoms. The predicted octanol–water partition coefficient (Wildman–Crippen LogP) is 12.7. The molecule has 0 saturated carbocycles. The fraction of sp³-hybridized carbons (Fsp3) is 0.672. The second kappa shape index (κ2) is 36.4. The summed E-state index contributed by atoms with van der Waals surface area (Å²) < 4.78 is 49.5. The molecule has 4 atom stereocenters. The van der Waals surface area contributed by atoms with Crippen molar-refractivity contribution in [2.75, 3.05) is 12.8 Å². The summed E-state index contributed by atoms with van der Waals surface area (Å²) in [4.78, 5) is 60.6. The van der Waals surface area contributed by atoms with E-state index in [1.54, 1.807) is 6.20 Å². The van der Waals surface area contributed by atoms with Crippen molar-refractivity contribution in [1.29, 1.82) is 0 Å². The van der Waals surface area contributed by atoms with Crippen LogP contribution in [0.2, 0.25) is 0 Å². The summed E-state index contributed by atoms with van der Waals surface area (Å²) in [6, 6.07) is 18.7. The monoisotopic (exact) mass is 1510 g/mol. The summed E-state index contributed by atoms with van der Waals surface area (Å²) in [5.41, 5.74) is 5.98. The van der Waals surface area contributed by atoms with Crippen molar-refractivity contribution in [2.45, 2.75) is 273 Å². The number of benzene rings is 2. The molecule has 5 aliphatic heterocycles. The molecule has 8 N–H and O–H groups in total. The number of amides is 2. The maximum atomic E-state index is 13.0. The summed E-state index contributed by atoms with van der Waals surface area (Å²) in [6.45, 7) is 42.5. The first kappa shape index (κ1) is 87.3. The van der Waals surface area contributed by atoms with Gasteiger partial charge in [-0.1, -0.05) is 79.0 Å². The standard InChI is InChI=1S/C24H38BNO4.C18H26BrNO2.C12H24B2O4.C5H5IN2O.2C2H4O2.CH4O.Cu.H2O/c1-9-10-19-15-16-20(26(19)21(27)28-22(2,3)4)17-11-13-18(14-12-17)25-29-23(5,6)24(7,8)30-25;1-5-6-15-11-12-16(13-7-9-14(19)10-8-13)20(15)17(21)22-18(2,3)4;1-9(2)10(3,4)16-13(15-9)14-17-11(5,6)12(7,8)18-14;6-3-2-8-5(9)1-4(3)7;2*1-2(3)4;1-2;;/h11-14,19-20H,9-10,15-16H2,1-8H3;7-10,15-16H,5-6,11-12H2,1-4H3;1-8H3;1-2H,(H3,7,8,9);2*1H3,(H,3,4);2H,1H3;;1H2/t19-,20+;15-,16+;;;;;;;/m00......./s1. The fourth-order valence-electron chi connectivity index (χ4n) is 9.84. The van der Waals surface area contributed by atoms with Crippen LogP contribution in [0.1, 0.15) is 227 Å². The van der Waals surface area contributed by atoms with E-state index in [0.29, 0.717) is 5.69 Å². The Morgan fingerprint density at radius 3 is 1.19 bits per heavy atom. The van der Waals surface area contributed by atoms with Gasteiger partial charge in [-0.3, -0.25) is 24.2 Å². The van der Waals surface area contributed by atoms with Gasteiger partial charge in [0.1, 0.15) is 11.2 Å². The van der Waals surface area contributed by atoms with Crippen LogP contribution in [0.15, 0.2) is 70.1 Å². The Hall–Kier alpha value is -3.73. The normalized spacial score (nSPS) is 21.6. The van der Waals surface area contributed by atoms with E-state index in [1.807, 2.05) is 141 Å². The van der Waals surface area contributed by atoms with Gasteiger partial charge in [-0.15, -0.1) is 0 Å². The topological polar surface area (TPSA) is 300 Å². The van der Waals surface area contributed by atoms with Crippen LogP contribution in [0.25, 0.3) is 0 Å². The summed E-state index contributed by atoms with van der Waals surface area (Å²) >= 11 is 5.52. The molecule has 1 radical (unpaired) electrons. The molecule has 2 aromatic carbocycles. The van der Waals surface area contributed by atoms with Gasteiger partial charge < -0.3 is 68.9 Å². The van der Waals surface area contributed by atoms with Crippen molar-refractivity contribution >= 4 is 94.9 Å². The summed E-state index contributed by atoms with van der Waals surface area (Å²) in [5.74, 6) is -1.67. The SMILES string of the molecule is CC(=O)O.CC(=O)O.CC1(C)OB(B2OC(C)(C)C(C)(C)O2)OC1(C)C.CCC[C@H]1CC[C@H](c2ccc(B3OC(C)(C)C(C)(C)O3)cc2)N1C(=O)OC(C)(C)C.CCC[C@H]1CC[C@H](c2ccc(Br)cc2)N1C(=O)OC(C)(C)C.CO.Nc1cc(=O)[nH]cc1I.O.[Cu]. The number of nitrogens with one attached hydrogen (secondary N) is 1. The number of ether oxygens (including phenoxy) is 2. The number of carboxylic acid groups (broad SMARTS) is 2. The largest absolute Gasteiger partial charge is 0.494 e. The van der Waals surface area contributed by atoms with E-state index in [2.05, 4.69) is 98.9 Å². The first-order valence-electron chi connectivity index (χ1n) is 30.6. The number of aliphatic hydroxyl groups is 1. The molecule has 2 amide bonds. The predicted molar refractivity (Wildman–Crippen MR) is 369 cm³/mol. The van der Waals surface area contributed by atoms with Crippen molar-refractivity contribution in [2.24, 2.45) is 0 Å². The minimum Gasteiger partial charge on any atom is -0.481 e. The van der Waals surface area contributed by atoms with Crippen LogP contribution < -0.4 is 16.8 Å². The zero-order valence-corrected chi connectivity index (χ0v) is 62.8. The Morgan fingerprint density at radius 2 is 0.912 bits per heavy atom. The van der Waals surface area contributed by atoms with Crippen LogP contribution in [-0.4, -0.2) is 145 Å². The number of rotatable bonds is 8. The molecule has 519 valence electrons. The Balaban J connectivity index is 0.00000118. The van der Waals surface area contributed by atoms with Gasteiger partial charge in [-0.25, -0.2) is 9.59 Å². The molecular weight excluding hydrogens is 1400 g/mol. The van der Waals surface area contributed by atoms with Crippen molar-refractivity contribution in [3.05, 3.63) is 90.3 Å². The van der Waals surface area contributed by atoms with E-state index in [9.17, 15) is 14.4 Å². The van der Waals surface area contributed by atoms with Crippen molar-refractivity contribution < 1.29 is 94.4 Å². The Bertz CT molecular complexity index is 2700. The molecule has 91 heavy (non-hydrogen) atoms. The number of pyridine rings is 1. The number of hydrogen-bond donors (Lipinski definition) is 5. The van der Waals surface area contributed by atoms with E-state index >= 15 is 0 Å². The van der Waals surface area contributed by atoms with Gasteiger partial charge in [-0.05, 0) is 214 Å². The average Bonchev–Trinajstić information content (AvgIpc) is 1.62. The zero-order valence-electron chi connectivity index (χ0n) is 58.1. The first-order valence-corrected chi connectivity index (χ1v) is 32.5. The van der Waals surface area contributed by atoms with E-state index in [0.717, 1.165) is 91.4 Å². The van der Waals surface area contributed by atoms with E-state index in [-0.39, 0.29) is 105 Å². The molecule has 0 unspecified atom stereocenters. The van der Waals surface area contributed by atoms with Crippen LogP contribution in [-0.2, 0) is 64.1 Å². The number of aromatic amines is 1. The number of hydrogen-bond acceptors (Lipinski definition) is 15. The number of aliphatic hydroxyl groups excluding tert-OH is 1. The van der Waals surface area contributed by atoms with E-state index in [4.69, 9.17) is 68.0 Å². The number of aliphatic carboxylic acids is 2. The molecule has 0 bridgehead atoms. The Kier molecular flexibility index (Phi) is 34.9. The van der Waals surface area contributed by atoms with Crippen molar-refractivity contribution in [3.63, 3.8) is 0 Å². The third-order valence-electron chi connectivity index (χ3n) is 16.2. The number of anilines is 1. The number of halogens is 2. The number of nitrogens with two attached hydrogens (primary N) is 1. The van der Waals surface area contributed by atoms with Gasteiger partial charge in [0.05, 0.1) is 54.9 Å². The van der Waals surface area contributed by atoms with Crippen molar-refractivity contribution in [3.8, 4) is 0 Å². The Morgan fingerprint density at radius 1 is 0.615 bits per heavy atom. The second-order valence-electron chi connectivity index (χ2n) is 27.5.